The van der Waals surface area contributed by atoms with Gasteiger partial charge in [0.05, 0.1) is 4.90 Å². The fourth-order valence-corrected chi connectivity index (χ4v) is 5.74. The van der Waals surface area contributed by atoms with Crippen molar-refractivity contribution in [2.45, 2.75) is 24.2 Å². The first-order valence-electron chi connectivity index (χ1n) is 9.93. The van der Waals surface area contributed by atoms with E-state index in [1.165, 1.54) is 23.4 Å². The minimum absolute atomic E-state index is 0.0653. The highest BCUT2D eigenvalue weighted by molar-refractivity contribution is 7.89. The van der Waals surface area contributed by atoms with Crippen LogP contribution in [0.25, 0.3) is 0 Å². The van der Waals surface area contributed by atoms with Crippen LogP contribution in [0, 0.1) is 5.92 Å². The molecular formula is C22H23ClN2O4S. The molecule has 0 aromatic heterocycles. The molecule has 2 atom stereocenters. The van der Waals surface area contributed by atoms with Crippen molar-refractivity contribution in [1.82, 2.24) is 9.21 Å². The van der Waals surface area contributed by atoms with Gasteiger partial charge in [-0.05, 0) is 43.0 Å². The molecule has 2 fully saturated rings. The van der Waals surface area contributed by atoms with Gasteiger partial charge in [0.25, 0.3) is 0 Å². The number of hydrogen-bond acceptors (Lipinski definition) is 4. The summed E-state index contributed by atoms with van der Waals surface area (Å²) in [5, 5.41) is 0.682. The lowest BCUT2D eigenvalue weighted by molar-refractivity contribution is -0.133. The molecule has 4 rings (SSSR count). The summed E-state index contributed by atoms with van der Waals surface area (Å²) in [4.78, 5) is 26.3. The fourth-order valence-electron chi connectivity index (χ4n) is 4.00. The lowest BCUT2D eigenvalue weighted by atomic mass is 10.1. The van der Waals surface area contributed by atoms with Crippen LogP contribution >= 0.6 is 11.6 Å². The van der Waals surface area contributed by atoms with Crippen LogP contribution in [0.4, 0.5) is 0 Å². The van der Waals surface area contributed by atoms with Gasteiger partial charge in [0.15, 0.2) is 5.78 Å². The van der Waals surface area contributed by atoms with E-state index in [0.717, 1.165) is 12.0 Å². The number of halogens is 1. The maximum Gasteiger partial charge on any atom is 0.243 e. The van der Waals surface area contributed by atoms with E-state index in [4.69, 9.17) is 11.6 Å². The molecule has 1 amide bonds. The van der Waals surface area contributed by atoms with Gasteiger partial charge in [-0.3, -0.25) is 9.59 Å². The molecule has 2 unspecified atom stereocenters. The maximum absolute atomic E-state index is 13.0. The molecule has 0 spiro atoms. The molecule has 0 bridgehead atoms. The molecule has 30 heavy (non-hydrogen) atoms. The number of piperazine rings is 1. The van der Waals surface area contributed by atoms with Gasteiger partial charge in [-0.2, -0.15) is 4.31 Å². The molecule has 1 saturated carbocycles. The van der Waals surface area contributed by atoms with E-state index in [9.17, 15) is 18.0 Å². The fraction of sp³-hybridized carbons (Fsp3) is 0.364. The lowest BCUT2D eigenvalue weighted by Gasteiger charge is -2.34. The topological polar surface area (TPSA) is 74.8 Å². The van der Waals surface area contributed by atoms with Crippen LogP contribution in [0.5, 0.6) is 0 Å². The Kier molecular flexibility index (Phi) is 5.70. The second-order valence-corrected chi connectivity index (χ2v) is 10.1. The number of benzene rings is 2. The van der Waals surface area contributed by atoms with Crippen LogP contribution in [0.15, 0.2) is 53.4 Å². The Balaban J connectivity index is 1.39. The number of sulfonamides is 1. The number of Topliss-reactive ketones (excluding diaryl/α,β-unsaturated/α-hetero) is 1. The molecule has 0 radical (unpaired) electrons. The largest absolute Gasteiger partial charge is 0.340 e. The van der Waals surface area contributed by atoms with E-state index in [0.29, 0.717) is 23.7 Å². The van der Waals surface area contributed by atoms with Crippen molar-refractivity contribution in [3.05, 3.63) is 64.7 Å². The predicted molar refractivity (Wildman–Crippen MR) is 114 cm³/mol. The van der Waals surface area contributed by atoms with Crippen LogP contribution in [0.3, 0.4) is 0 Å². The zero-order valence-corrected chi connectivity index (χ0v) is 18.2. The predicted octanol–water partition coefficient (Wildman–Crippen LogP) is 3.18. The summed E-state index contributed by atoms with van der Waals surface area (Å²) in [5.41, 5.74) is 1.37. The first kappa shape index (κ1) is 21.0. The molecular weight excluding hydrogens is 424 g/mol. The molecule has 2 aromatic carbocycles. The van der Waals surface area contributed by atoms with E-state index in [2.05, 4.69) is 0 Å². The third-order valence-corrected chi connectivity index (χ3v) is 8.08. The molecule has 1 aliphatic carbocycles. The van der Waals surface area contributed by atoms with Crippen molar-refractivity contribution in [3.63, 3.8) is 0 Å². The third kappa shape index (κ3) is 4.02. The van der Waals surface area contributed by atoms with Gasteiger partial charge < -0.3 is 4.90 Å². The summed E-state index contributed by atoms with van der Waals surface area (Å²) >= 11 is 6.25. The summed E-state index contributed by atoms with van der Waals surface area (Å²) in [6.07, 6.45) is 0.777. The molecule has 1 aliphatic heterocycles. The molecule has 1 heterocycles. The number of nitrogens with zero attached hydrogens (tertiary/aromatic N) is 2. The van der Waals surface area contributed by atoms with Crippen molar-refractivity contribution in [1.29, 1.82) is 0 Å². The zero-order chi connectivity index (χ0) is 21.5. The number of rotatable bonds is 5. The van der Waals surface area contributed by atoms with Gasteiger partial charge in [-0.25, -0.2) is 8.42 Å². The van der Waals surface area contributed by atoms with E-state index in [-0.39, 0.29) is 41.5 Å². The first-order valence-corrected chi connectivity index (χ1v) is 11.7. The van der Waals surface area contributed by atoms with Crippen LogP contribution < -0.4 is 0 Å². The van der Waals surface area contributed by atoms with Crippen molar-refractivity contribution in [2.24, 2.45) is 5.92 Å². The van der Waals surface area contributed by atoms with Gasteiger partial charge in [-0.15, -0.1) is 0 Å². The lowest BCUT2D eigenvalue weighted by Crippen LogP contribution is -2.51. The molecule has 2 aromatic rings. The summed E-state index contributed by atoms with van der Waals surface area (Å²) in [6.45, 7) is 2.60. The van der Waals surface area contributed by atoms with Gasteiger partial charge in [-0.1, -0.05) is 41.9 Å². The SMILES string of the molecule is CC(=O)c1cccc(S(=O)(=O)N2CCN(C(=O)C3CC3c3ccccc3Cl)CC2)c1. The quantitative estimate of drug-likeness (QED) is 0.661. The highest BCUT2D eigenvalue weighted by atomic mass is 35.5. The van der Waals surface area contributed by atoms with Crippen LogP contribution in [-0.2, 0) is 14.8 Å². The highest BCUT2D eigenvalue weighted by Gasteiger charge is 2.47. The Morgan fingerprint density at radius 3 is 2.37 bits per heavy atom. The Morgan fingerprint density at radius 2 is 1.70 bits per heavy atom. The molecule has 6 nitrogen and oxygen atoms in total. The van der Waals surface area contributed by atoms with E-state index in [1.54, 1.807) is 17.0 Å². The van der Waals surface area contributed by atoms with E-state index < -0.39 is 10.0 Å². The summed E-state index contributed by atoms with van der Waals surface area (Å²) in [7, 11) is -3.71. The Bertz CT molecular complexity index is 1090. The van der Waals surface area contributed by atoms with Gasteiger partial charge in [0.2, 0.25) is 15.9 Å². The van der Waals surface area contributed by atoms with Crippen LogP contribution in [-0.4, -0.2) is 55.5 Å². The van der Waals surface area contributed by atoms with Crippen molar-refractivity contribution < 1.29 is 18.0 Å². The molecule has 8 heteroatoms. The van der Waals surface area contributed by atoms with Crippen molar-refractivity contribution >= 4 is 33.3 Å². The minimum Gasteiger partial charge on any atom is -0.340 e. The monoisotopic (exact) mass is 446 g/mol. The Hall–Kier alpha value is -2.22. The Labute approximate surface area is 181 Å². The summed E-state index contributed by atoms with van der Waals surface area (Å²) < 4.78 is 27.3. The smallest absolute Gasteiger partial charge is 0.243 e. The average molecular weight is 447 g/mol. The number of amides is 1. The Morgan fingerprint density at radius 1 is 1.00 bits per heavy atom. The van der Waals surface area contributed by atoms with Crippen LogP contribution in [0.1, 0.15) is 35.2 Å². The highest BCUT2D eigenvalue weighted by Crippen LogP contribution is 2.50. The number of ketones is 1. The van der Waals surface area contributed by atoms with Gasteiger partial charge in [0.1, 0.15) is 0 Å². The maximum atomic E-state index is 13.0. The average Bonchev–Trinajstić information content (AvgIpc) is 3.54. The third-order valence-electron chi connectivity index (χ3n) is 5.84. The molecule has 2 aliphatic rings. The first-order chi connectivity index (χ1) is 14.3. The normalized spacial score (nSPS) is 22.0. The minimum atomic E-state index is -3.71. The molecule has 1 saturated heterocycles. The summed E-state index contributed by atoms with van der Waals surface area (Å²) in [5.74, 6) is -0.0573. The number of hydrogen-bond donors (Lipinski definition) is 0. The van der Waals surface area contributed by atoms with Crippen LogP contribution in [0.2, 0.25) is 5.02 Å². The number of carbonyl (C=O) groups is 2. The van der Waals surface area contributed by atoms with Gasteiger partial charge in [0, 0.05) is 42.7 Å². The van der Waals surface area contributed by atoms with Gasteiger partial charge >= 0.3 is 0 Å². The van der Waals surface area contributed by atoms with Crippen molar-refractivity contribution in [2.75, 3.05) is 26.2 Å². The van der Waals surface area contributed by atoms with E-state index >= 15 is 0 Å². The van der Waals surface area contributed by atoms with Crippen molar-refractivity contribution in [3.8, 4) is 0 Å². The molecule has 158 valence electrons. The summed E-state index contributed by atoms with van der Waals surface area (Å²) in [6, 6.07) is 13.7. The second-order valence-electron chi connectivity index (χ2n) is 7.78. The zero-order valence-electron chi connectivity index (χ0n) is 16.6. The van der Waals surface area contributed by atoms with E-state index in [1.807, 2.05) is 24.3 Å². The number of carbonyl (C=O) groups excluding carboxylic acids is 2. The second kappa shape index (κ2) is 8.13. The standard InChI is InChI=1S/C22H23ClN2O4S/c1-15(26)16-5-4-6-17(13-16)30(28,29)25-11-9-24(10-12-25)22(27)20-14-19(20)18-7-2-3-8-21(18)23/h2-8,13,19-20H,9-12,14H2,1H3. The molecule has 0 N–H and O–H groups in total.